The van der Waals surface area contributed by atoms with Crippen molar-refractivity contribution >= 4 is 21.9 Å². The quantitative estimate of drug-likeness (QED) is 0.512. The van der Waals surface area contributed by atoms with E-state index < -0.39 is 22.1 Å². The van der Waals surface area contributed by atoms with Crippen LogP contribution in [0.25, 0.3) is 0 Å². The summed E-state index contributed by atoms with van der Waals surface area (Å²) in [6.07, 6.45) is 0.0787. The van der Waals surface area contributed by atoms with E-state index in [-0.39, 0.29) is 42.7 Å². The number of carbonyl (C=O) groups is 2. The summed E-state index contributed by atoms with van der Waals surface area (Å²) >= 11 is 0. The predicted octanol–water partition coefficient (Wildman–Crippen LogP) is 2.89. The Morgan fingerprint density at radius 1 is 1.03 bits per heavy atom. The van der Waals surface area contributed by atoms with E-state index in [2.05, 4.69) is 5.16 Å². The van der Waals surface area contributed by atoms with E-state index in [1.54, 1.807) is 36.9 Å². The average Bonchev–Trinajstić information content (AvgIpc) is 3.22. The molecule has 1 amide bonds. The van der Waals surface area contributed by atoms with Crippen molar-refractivity contribution in [3.63, 3.8) is 0 Å². The fourth-order valence-corrected chi connectivity index (χ4v) is 6.38. The van der Waals surface area contributed by atoms with Gasteiger partial charge in [0.15, 0.2) is 5.76 Å². The van der Waals surface area contributed by atoms with E-state index in [9.17, 15) is 18.0 Å². The summed E-state index contributed by atoms with van der Waals surface area (Å²) in [5.74, 6) is -0.350. The largest absolute Gasteiger partial charge is 0.454 e. The van der Waals surface area contributed by atoms with E-state index >= 15 is 0 Å². The third-order valence-corrected chi connectivity index (χ3v) is 8.63. The van der Waals surface area contributed by atoms with Gasteiger partial charge in [0, 0.05) is 38.2 Å². The van der Waals surface area contributed by atoms with Gasteiger partial charge < -0.3 is 14.2 Å². The normalized spacial score (nSPS) is 18.7. The highest BCUT2D eigenvalue weighted by Gasteiger charge is 2.35. The summed E-state index contributed by atoms with van der Waals surface area (Å²) in [6.45, 7) is 4.02. The molecular weight excluding hydrogens is 470 g/mol. The molecular formula is C25H25N3O6S. The van der Waals surface area contributed by atoms with Crippen molar-refractivity contribution < 1.29 is 27.3 Å². The van der Waals surface area contributed by atoms with Crippen LogP contribution in [-0.2, 0) is 21.2 Å². The Morgan fingerprint density at radius 3 is 2.40 bits per heavy atom. The second kappa shape index (κ2) is 8.94. The van der Waals surface area contributed by atoms with Gasteiger partial charge in [-0.05, 0) is 43.2 Å². The monoisotopic (exact) mass is 495 g/mol. The number of benzene rings is 2. The topological polar surface area (TPSA) is 110 Å². The number of sulfonamides is 1. The van der Waals surface area contributed by atoms with Crippen LogP contribution in [0.3, 0.4) is 0 Å². The fourth-order valence-electron chi connectivity index (χ4n) is 4.67. The third kappa shape index (κ3) is 4.23. The molecule has 3 aromatic rings. The minimum Gasteiger partial charge on any atom is -0.454 e. The summed E-state index contributed by atoms with van der Waals surface area (Å²) in [5, 5.41) is 3.75. The number of piperazine rings is 1. The van der Waals surface area contributed by atoms with Crippen LogP contribution < -0.4 is 0 Å². The van der Waals surface area contributed by atoms with Crippen LogP contribution in [0, 0.1) is 13.8 Å². The van der Waals surface area contributed by atoms with E-state index in [4.69, 9.17) is 9.26 Å². The molecule has 9 nitrogen and oxygen atoms in total. The Morgan fingerprint density at radius 2 is 1.74 bits per heavy atom. The maximum absolute atomic E-state index is 13.2. The lowest BCUT2D eigenvalue weighted by atomic mass is 9.93. The van der Waals surface area contributed by atoms with Crippen molar-refractivity contribution in [2.75, 3.05) is 26.2 Å². The zero-order valence-corrected chi connectivity index (χ0v) is 20.2. The van der Waals surface area contributed by atoms with Crippen molar-refractivity contribution in [1.82, 2.24) is 14.4 Å². The van der Waals surface area contributed by atoms with Gasteiger partial charge in [0.1, 0.15) is 16.7 Å². The molecule has 0 aliphatic carbocycles. The van der Waals surface area contributed by atoms with Gasteiger partial charge in [0.05, 0.1) is 5.56 Å². The highest BCUT2D eigenvalue weighted by atomic mass is 32.2. The lowest BCUT2D eigenvalue weighted by molar-refractivity contribution is 0.0252. The van der Waals surface area contributed by atoms with Crippen molar-refractivity contribution in [3.8, 4) is 0 Å². The summed E-state index contributed by atoms with van der Waals surface area (Å²) in [4.78, 5) is 27.5. The SMILES string of the molecule is Cc1noc(C)c1S(=O)(=O)N1CCN(C(=O)c2ccc3c(c2)C[C@@H](c2ccccc2)OC3=O)CC1. The summed E-state index contributed by atoms with van der Waals surface area (Å²) < 4.78 is 38.1. The van der Waals surface area contributed by atoms with Crippen LogP contribution in [0.15, 0.2) is 57.9 Å². The molecule has 35 heavy (non-hydrogen) atoms. The van der Waals surface area contributed by atoms with Gasteiger partial charge >= 0.3 is 5.97 Å². The minimum absolute atomic E-state index is 0.0896. The molecule has 0 unspecified atom stereocenters. The number of fused-ring (bicyclic) bond motifs is 1. The maximum Gasteiger partial charge on any atom is 0.339 e. The zero-order valence-electron chi connectivity index (χ0n) is 19.4. The lowest BCUT2D eigenvalue weighted by Gasteiger charge is -2.34. The first-order chi connectivity index (χ1) is 16.8. The van der Waals surface area contributed by atoms with Gasteiger partial charge in [-0.2, -0.15) is 4.31 Å². The molecule has 1 atom stereocenters. The molecule has 0 radical (unpaired) electrons. The molecule has 2 aliphatic heterocycles. The highest BCUT2D eigenvalue weighted by molar-refractivity contribution is 7.89. The van der Waals surface area contributed by atoms with E-state index in [1.807, 2.05) is 30.3 Å². The Balaban J connectivity index is 1.30. The number of hydrogen-bond donors (Lipinski definition) is 0. The Bertz CT molecular complexity index is 1370. The standard InChI is InChI=1S/C25H25N3O6S/c1-16-23(17(2)34-26-16)35(31,32)28-12-10-27(11-13-28)24(29)19-8-9-21-20(14-19)15-22(33-25(21)30)18-6-4-3-5-7-18/h3-9,14,22H,10-13,15H2,1-2H3/t22-/m0/s1. The van der Waals surface area contributed by atoms with Crippen LogP contribution in [0.2, 0.25) is 0 Å². The lowest BCUT2D eigenvalue weighted by Crippen LogP contribution is -2.50. The van der Waals surface area contributed by atoms with Gasteiger partial charge in [-0.1, -0.05) is 35.5 Å². The summed E-state index contributed by atoms with van der Waals surface area (Å²) in [6, 6.07) is 14.5. The number of aromatic nitrogens is 1. The van der Waals surface area contributed by atoms with Crippen molar-refractivity contribution in [2.45, 2.75) is 31.3 Å². The average molecular weight is 496 g/mol. The van der Waals surface area contributed by atoms with Gasteiger partial charge in [-0.3, -0.25) is 4.79 Å². The number of esters is 1. The molecule has 0 saturated carbocycles. The Hall–Kier alpha value is -3.50. The number of ether oxygens (including phenoxy) is 1. The smallest absolute Gasteiger partial charge is 0.339 e. The number of hydrogen-bond acceptors (Lipinski definition) is 7. The van der Waals surface area contributed by atoms with Gasteiger partial charge in [-0.15, -0.1) is 0 Å². The number of carbonyl (C=O) groups excluding carboxylic acids is 2. The molecule has 0 spiro atoms. The molecule has 5 rings (SSSR count). The van der Waals surface area contributed by atoms with Gasteiger partial charge in [-0.25, -0.2) is 13.2 Å². The number of amides is 1. The van der Waals surface area contributed by atoms with E-state index in [0.29, 0.717) is 23.2 Å². The fraction of sp³-hybridized carbons (Fsp3) is 0.320. The molecule has 2 aromatic carbocycles. The molecule has 2 aliphatic rings. The second-order valence-electron chi connectivity index (χ2n) is 8.73. The third-order valence-electron chi connectivity index (χ3n) is 6.49. The number of aryl methyl sites for hydroxylation is 2. The molecule has 3 heterocycles. The minimum atomic E-state index is -3.76. The molecule has 182 valence electrons. The first-order valence-electron chi connectivity index (χ1n) is 11.4. The molecule has 0 N–H and O–H groups in total. The number of nitrogens with zero attached hydrogens (tertiary/aromatic N) is 3. The molecule has 1 saturated heterocycles. The molecule has 10 heteroatoms. The zero-order chi connectivity index (χ0) is 24.7. The maximum atomic E-state index is 13.2. The number of cyclic esters (lactones) is 1. The molecule has 1 fully saturated rings. The van der Waals surface area contributed by atoms with Crippen molar-refractivity contribution in [3.05, 3.63) is 82.2 Å². The summed E-state index contributed by atoms with van der Waals surface area (Å²) in [5.41, 5.74) is 2.92. The van der Waals surface area contributed by atoms with Crippen LogP contribution in [0.1, 0.15) is 49.4 Å². The predicted molar refractivity (Wildman–Crippen MR) is 125 cm³/mol. The molecule has 1 aromatic heterocycles. The van der Waals surface area contributed by atoms with E-state index in [1.165, 1.54) is 4.31 Å². The second-order valence-corrected chi connectivity index (χ2v) is 10.6. The Kier molecular flexibility index (Phi) is 5.94. The van der Waals surface area contributed by atoms with Crippen LogP contribution >= 0.6 is 0 Å². The van der Waals surface area contributed by atoms with Crippen molar-refractivity contribution in [1.29, 1.82) is 0 Å². The van der Waals surface area contributed by atoms with Gasteiger partial charge in [0.2, 0.25) is 10.0 Å². The first kappa shape index (κ1) is 23.3. The molecule has 0 bridgehead atoms. The van der Waals surface area contributed by atoms with Crippen LogP contribution in [-0.4, -0.2) is 60.8 Å². The van der Waals surface area contributed by atoms with E-state index in [0.717, 1.165) is 11.1 Å². The summed E-state index contributed by atoms with van der Waals surface area (Å²) in [7, 11) is -3.76. The van der Waals surface area contributed by atoms with Crippen molar-refractivity contribution in [2.24, 2.45) is 0 Å². The van der Waals surface area contributed by atoms with Crippen LogP contribution in [0.5, 0.6) is 0 Å². The Labute approximate surface area is 203 Å². The first-order valence-corrected chi connectivity index (χ1v) is 12.8. The number of rotatable bonds is 4. The highest BCUT2D eigenvalue weighted by Crippen LogP contribution is 2.31. The van der Waals surface area contributed by atoms with Gasteiger partial charge in [0.25, 0.3) is 5.91 Å². The van der Waals surface area contributed by atoms with Crippen LogP contribution in [0.4, 0.5) is 0 Å².